The van der Waals surface area contributed by atoms with Crippen LogP contribution >= 0.6 is 23.2 Å². The van der Waals surface area contributed by atoms with Gasteiger partial charge < -0.3 is 11.1 Å². The molecule has 1 aromatic rings. The lowest BCUT2D eigenvalue weighted by Crippen LogP contribution is -2.32. The van der Waals surface area contributed by atoms with Gasteiger partial charge in [-0.1, -0.05) is 37.0 Å². The summed E-state index contributed by atoms with van der Waals surface area (Å²) in [5.74, 6) is -1.38. The van der Waals surface area contributed by atoms with E-state index >= 15 is 0 Å². The molecule has 1 unspecified atom stereocenters. The van der Waals surface area contributed by atoms with E-state index in [1.54, 1.807) is 20.8 Å². The van der Waals surface area contributed by atoms with Gasteiger partial charge in [0.15, 0.2) is 9.84 Å². The monoisotopic (exact) mass is 352 g/mol. The molecular weight excluding hydrogens is 335 g/mol. The highest BCUT2D eigenvalue weighted by molar-refractivity contribution is 7.92. The number of anilines is 2. The number of hydrogen-bond acceptors (Lipinski definition) is 4. The number of sulfone groups is 1. The quantitative estimate of drug-likeness (QED) is 0.797. The standard InChI is InChI=1S/C13H18Cl2N2O3S/c1-7(2)8(3)21(19,20)6-12(18)17-13-10(14)4-9(16)5-11(13)15/h4-5,7-8H,6,16H2,1-3H3,(H,17,18). The summed E-state index contributed by atoms with van der Waals surface area (Å²) in [7, 11) is -3.54. The minimum atomic E-state index is -3.54. The van der Waals surface area contributed by atoms with Crippen molar-refractivity contribution in [2.24, 2.45) is 5.92 Å². The average Bonchev–Trinajstić information content (AvgIpc) is 2.32. The fourth-order valence-corrected chi connectivity index (χ4v) is 3.74. The SMILES string of the molecule is CC(C)C(C)S(=O)(=O)CC(=O)Nc1c(Cl)cc(N)cc1Cl. The Kier molecular flexibility index (Phi) is 5.90. The van der Waals surface area contributed by atoms with Crippen LogP contribution in [-0.4, -0.2) is 25.3 Å². The third-order valence-corrected chi connectivity index (χ3v) is 6.10. The van der Waals surface area contributed by atoms with Gasteiger partial charge in [0.25, 0.3) is 0 Å². The number of nitrogens with two attached hydrogens (primary N) is 1. The lowest BCUT2D eigenvalue weighted by molar-refractivity contribution is -0.113. The second-order valence-electron chi connectivity index (χ2n) is 5.16. The van der Waals surface area contributed by atoms with Gasteiger partial charge in [0.2, 0.25) is 5.91 Å². The van der Waals surface area contributed by atoms with Crippen molar-refractivity contribution in [3.63, 3.8) is 0 Å². The van der Waals surface area contributed by atoms with Gasteiger partial charge in [-0.2, -0.15) is 0 Å². The summed E-state index contributed by atoms with van der Waals surface area (Å²) in [6.45, 7) is 5.15. The first-order valence-corrected chi connectivity index (χ1v) is 8.77. The van der Waals surface area contributed by atoms with Crippen LogP contribution in [0.3, 0.4) is 0 Å². The summed E-state index contributed by atoms with van der Waals surface area (Å²) in [6.07, 6.45) is 0. The van der Waals surface area contributed by atoms with E-state index in [1.165, 1.54) is 12.1 Å². The molecule has 0 bridgehead atoms. The van der Waals surface area contributed by atoms with E-state index in [0.29, 0.717) is 5.69 Å². The van der Waals surface area contributed by atoms with Gasteiger partial charge in [-0.25, -0.2) is 8.42 Å². The Bertz CT molecular complexity index is 622. The van der Waals surface area contributed by atoms with Crippen LogP contribution < -0.4 is 11.1 Å². The highest BCUT2D eigenvalue weighted by Gasteiger charge is 2.27. The van der Waals surface area contributed by atoms with Gasteiger partial charge in [0.1, 0.15) is 5.75 Å². The largest absolute Gasteiger partial charge is 0.399 e. The maximum atomic E-state index is 12.0. The highest BCUT2D eigenvalue weighted by Crippen LogP contribution is 2.32. The third kappa shape index (κ3) is 4.76. The summed E-state index contributed by atoms with van der Waals surface area (Å²) in [5, 5.41) is 2.12. The minimum Gasteiger partial charge on any atom is -0.399 e. The van der Waals surface area contributed by atoms with Crippen LogP contribution in [0.2, 0.25) is 10.0 Å². The molecule has 0 radical (unpaired) electrons. The first-order valence-electron chi connectivity index (χ1n) is 6.30. The maximum Gasteiger partial charge on any atom is 0.239 e. The summed E-state index contributed by atoms with van der Waals surface area (Å²) < 4.78 is 24.1. The Labute approximate surface area is 134 Å². The molecule has 118 valence electrons. The number of rotatable bonds is 5. The molecule has 0 spiro atoms. The first kappa shape index (κ1) is 18.1. The van der Waals surface area contributed by atoms with Crippen molar-refractivity contribution in [1.29, 1.82) is 0 Å². The molecule has 0 heterocycles. The molecular formula is C13H18Cl2N2O3S. The normalized spacial score (nSPS) is 13.2. The number of nitrogen functional groups attached to an aromatic ring is 1. The van der Waals surface area contributed by atoms with Crippen LogP contribution in [0.4, 0.5) is 11.4 Å². The van der Waals surface area contributed by atoms with Crippen LogP contribution in [0.25, 0.3) is 0 Å². The summed E-state index contributed by atoms with van der Waals surface area (Å²) in [6, 6.07) is 2.85. The van der Waals surface area contributed by atoms with E-state index in [2.05, 4.69) is 5.32 Å². The smallest absolute Gasteiger partial charge is 0.239 e. The molecule has 5 nitrogen and oxygen atoms in total. The molecule has 0 aliphatic rings. The van der Waals surface area contributed by atoms with Crippen molar-refractivity contribution in [2.45, 2.75) is 26.0 Å². The van der Waals surface area contributed by atoms with Crippen LogP contribution in [-0.2, 0) is 14.6 Å². The number of halogens is 2. The fraction of sp³-hybridized carbons (Fsp3) is 0.462. The van der Waals surface area contributed by atoms with Gasteiger partial charge in [-0.3, -0.25) is 4.79 Å². The van der Waals surface area contributed by atoms with Gasteiger partial charge >= 0.3 is 0 Å². The number of benzene rings is 1. The van der Waals surface area contributed by atoms with Crippen LogP contribution in [0.5, 0.6) is 0 Å². The summed E-state index contributed by atoms with van der Waals surface area (Å²) >= 11 is 11.9. The van der Waals surface area contributed by atoms with Gasteiger partial charge in [-0.05, 0) is 25.0 Å². The molecule has 21 heavy (non-hydrogen) atoms. The van der Waals surface area contributed by atoms with Crippen molar-refractivity contribution >= 4 is 50.3 Å². The van der Waals surface area contributed by atoms with Gasteiger partial charge in [-0.15, -0.1) is 0 Å². The minimum absolute atomic E-state index is 0.0773. The molecule has 0 aromatic heterocycles. The Morgan fingerprint density at radius 1 is 1.24 bits per heavy atom. The Morgan fingerprint density at radius 2 is 1.71 bits per heavy atom. The molecule has 0 aliphatic carbocycles. The van der Waals surface area contributed by atoms with Gasteiger partial charge in [0.05, 0.1) is 21.0 Å². The van der Waals surface area contributed by atoms with E-state index in [-0.39, 0.29) is 21.7 Å². The molecule has 0 aliphatic heterocycles. The second kappa shape index (κ2) is 6.85. The highest BCUT2D eigenvalue weighted by atomic mass is 35.5. The number of hydrogen-bond donors (Lipinski definition) is 2. The van der Waals surface area contributed by atoms with E-state index in [9.17, 15) is 13.2 Å². The van der Waals surface area contributed by atoms with Crippen molar-refractivity contribution in [1.82, 2.24) is 0 Å². The summed E-state index contributed by atoms with van der Waals surface area (Å²) in [5.41, 5.74) is 6.06. The molecule has 1 rings (SSSR count). The number of nitrogens with one attached hydrogen (secondary N) is 1. The summed E-state index contributed by atoms with van der Waals surface area (Å²) in [4.78, 5) is 11.9. The Hall–Kier alpha value is -0.980. The number of amides is 1. The van der Waals surface area contributed by atoms with E-state index in [0.717, 1.165) is 0 Å². The fourth-order valence-electron chi connectivity index (χ4n) is 1.62. The zero-order valence-electron chi connectivity index (χ0n) is 12.0. The van der Waals surface area contributed by atoms with Crippen molar-refractivity contribution in [3.05, 3.63) is 22.2 Å². The lowest BCUT2D eigenvalue weighted by atomic mass is 10.2. The Morgan fingerprint density at radius 3 is 2.14 bits per heavy atom. The first-order chi connectivity index (χ1) is 9.54. The third-order valence-electron chi connectivity index (χ3n) is 3.17. The van der Waals surface area contributed by atoms with Crippen LogP contribution in [0.15, 0.2) is 12.1 Å². The lowest BCUT2D eigenvalue weighted by Gasteiger charge is -2.16. The zero-order chi connectivity index (χ0) is 16.4. The van der Waals surface area contributed by atoms with E-state index in [1.807, 2.05) is 0 Å². The predicted octanol–water partition coefficient (Wildman–Crippen LogP) is 2.97. The van der Waals surface area contributed by atoms with E-state index < -0.39 is 26.7 Å². The van der Waals surface area contributed by atoms with Crippen LogP contribution in [0, 0.1) is 5.92 Å². The molecule has 8 heteroatoms. The zero-order valence-corrected chi connectivity index (χ0v) is 14.3. The van der Waals surface area contributed by atoms with Crippen molar-refractivity contribution in [2.75, 3.05) is 16.8 Å². The number of carbonyl (C=O) groups is 1. The van der Waals surface area contributed by atoms with E-state index in [4.69, 9.17) is 28.9 Å². The van der Waals surface area contributed by atoms with Crippen LogP contribution in [0.1, 0.15) is 20.8 Å². The van der Waals surface area contributed by atoms with Crippen molar-refractivity contribution < 1.29 is 13.2 Å². The predicted molar refractivity (Wildman–Crippen MR) is 87.6 cm³/mol. The topological polar surface area (TPSA) is 89.3 Å². The number of carbonyl (C=O) groups excluding carboxylic acids is 1. The molecule has 1 amide bonds. The maximum absolute atomic E-state index is 12.0. The molecule has 0 saturated heterocycles. The van der Waals surface area contributed by atoms with Gasteiger partial charge in [0, 0.05) is 5.69 Å². The second-order valence-corrected chi connectivity index (χ2v) is 8.34. The Balaban J connectivity index is 2.89. The molecule has 3 N–H and O–H groups in total. The molecule has 0 fully saturated rings. The molecule has 0 saturated carbocycles. The molecule has 1 atom stereocenters. The van der Waals surface area contributed by atoms with Crippen molar-refractivity contribution in [3.8, 4) is 0 Å². The molecule has 1 aromatic carbocycles. The average molecular weight is 353 g/mol.